The number of sulfonamides is 1. The number of hydrogen-bond acceptors (Lipinski definition) is 4. The van der Waals surface area contributed by atoms with Crippen LogP contribution in [0.3, 0.4) is 0 Å². The number of benzene rings is 2. The van der Waals surface area contributed by atoms with Crippen LogP contribution in [0.2, 0.25) is 0 Å². The van der Waals surface area contributed by atoms with Crippen LogP contribution in [-0.2, 0) is 41.1 Å². The number of fused-ring (bicyclic) bond motifs is 2. The molecule has 1 fully saturated rings. The second-order valence-corrected chi connectivity index (χ2v) is 15.6. The lowest BCUT2D eigenvalue weighted by molar-refractivity contribution is 0.0167. The Bertz CT molecular complexity index is 1870. The molecule has 6 nitrogen and oxygen atoms in total. The van der Waals surface area contributed by atoms with Gasteiger partial charge in [0, 0.05) is 43.9 Å². The molecule has 0 amide bonds. The lowest BCUT2D eigenvalue weighted by Crippen LogP contribution is -2.42. The van der Waals surface area contributed by atoms with Crippen molar-refractivity contribution in [2.75, 3.05) is 13.1 Å². The van der Waals surface area contributed by atoms with Gasteiger partial charge in [-0.15, -0.1) is 0 Å². The van der Waals surface area contributed by atoms with Crippen LogP contribution in [0.25, 0.3) is 6.08 Å². The first-order chi connectivity index (χ1) is 22.9. The molecule has 254 valence electrons. The summed E-state index contributed by atoms with van der Waals surface area (Å²) >= 11 is 0. The highest BCUT2D eigenvalue weighted by Crippen LogP contribution is 2.56. The van der Waals surface area contributed by atoms with Gasteiger partial charge in [-0.2, -0.15) is 5.10 Å². The van der Waals surface area contributed by atoms with Gasteiger partial charge in [-0.05, 0) is 83.5 Å². The van der Waals surface area contributed by atoms with Gasteiger partial charge in [-0.25, -0.2) is 25.9 Å². The van der Waals surface area contributed by atoms with Crippen molar-refractivity contribution >= 4 is 16.1 Å². The maximum atomic E-state index is 14.5. The molecule has 2 aromatic carbocycles. The fourth-order valence-corrected chi connectivity index (χ4v) is 9.49. The van der Waals surface area contributed by atoms with Crippen molar-refractivity contribution in [3.8, 4) is 0 Å². The first-order valence-corrected chi connectivity index (χ1v) is 18.3. The van der Waals surface area contributed by atoms with Crippen molar-refractivity contribution < 1.29 is 21.6 Å². The maximum Gasteiger partial charge on any atom is 0.270 e. The summed E-state index contributed by atoms with van der Waals surface area (Å²) in [5.74, 6) is -3.64. The molecule has 0 spiro atoms. The molecule has 2 aliphatic rings. The van der Waals surface area contributed by atoms with E-state index in [0.29, 0.717) is 19.5 Å². The number of alkyl halides is 2. The standard InChI is InChI=1S/C38H43F3N4O2S/c1-4-28(34-17-14-31-21-36-30(22-37(31,34)2)23-43-45(36)24-27-12-15-32(39)16-13-27)25-44(20-18-33-10-7-8-19-42-33)48(46,47)26-29-9-5-6-11-35(29)38(3,40)41/h5-13,15-16,19,21,23,28,34H,4,14,17-18,20,22,24-26H2,1-3H3/t28?,34?,37-/m0/s1. The zero-order valence-corrected chi connectivity index (χ0v) is 28.6. The Hall–Kier alpha value is -3.76. The number of aromatic nitrogens is 3. The summed E-state index contributed by atoms with van der Waals surface area (Å²) in [5, 5.41) is 4.69. The van der Waals surface area contributed by atoms with E-state index in [2.05, 4.69) is 24.9 Å². The summed E-state index contributed by atoms with van der Waals surface area (Å²) in [4.78, 5) is 4.41. The van der Waals surface area contributed by atoms with E-state index < -0.39 is 21.7 Å². The van der Waals surface area contributed by atoms with Crippen LogP contribution in [0, 0.1) is 23.1 Å². The van der Waals surface area contributed by atoms with Crippen molar-refractivity contribution in [2.24, 2.45) is 17.3 Å². The normalized spacial score (nSPS) is 20.0. The smallest absolute Gasteiger partial charge is 0.261 e. The Kier molecular flexibility index (Phi) is 9.69. The number of allylic oxidation sites excluding steroid dienone is 1. The van der Waals surface area contributed by atoms with E-state index in [1.807, 2.05) is 29.1 Å². The number of rotatable bonds is 13. The third-order valence-electron chi connectivity index (χ3n) is 10.4. The van der Waals surface area contributed by atoms with Crippen LogP contribution in [-0.4, -0.2) is 40.6 Å². The van der Waals surface area contributed by atoms with Gasteiger partial charge in [0.15, 0.2) is 0 Å². The molecule has 2 unspecified atom stereocenters. The summed E-state index contributed by atoms with van der Waals surface area (Å²) in [5.41, 5.74) is 5.03. The van der Waals surface area contributed by atoms with Crippen molar-refractivity contribution in [2.45, 2.75) is 71.1 Å². The van der Waals surface area contributed by atoms with Gasteiger partial charge in [0.1, 0.15) is 5.82 Å². The molecule has 0 saturated heterocycles. The molecule has 2 aromatic heterocycles. The monoisotopic (exact) mass is 676 g/mol. The Morgan fingerprint density at radius 2 is 1.83 bits per heavy atom. The van der Waals surface area contributed by atoms with Gasteiger partial charge in [0.2, 0.25) is 10.0 Å². The van der Waals surface area contributed by atoms with Gasteiger partial charge >= 0.3 is 0 Å². The Labute approximate surface area is 281 Å². The number of pyridine rings is 1. The molecule has 2 heterocycles. The van der Waals surface area contributed by atoms with E-state index in [1.54, 1.807) is 24.4 Å². The first kappa shape index (κ1) is 34.1. The zero-order valence-electron chi connectivity index (χ0n) is 27.7. The molecule has 0 aliphatic heterocycles. The van der Waals surface area contributed by atoms with Crippen LogP contribution in [0.1, 0.15) is 73.7 Å². The highest BCUT2D eigenvalue weighted by Gasteiger charge is 2.48. The minimum atomic E-state index is -3.97. The number of halogens is 3. The fourth-order valence-electron chi connectivity index (χ4n) is 7.87. The molecule has 2 aliphatic carbocycles. The quantitative estimate of drug-likeness (QED) is 0.144. The van der Waals surface area contributed by atoms with Crippen LogP contribution in [0.15, 0.2) is 84.7 Å². The predicted molar refractivity (Wildman–Crippen MR) is 182 cm³/mol. The molecule has 1 saturated carbocycles. The second kappa shape index (κ2) is 13.6. The number of nitrogens with zero attached hydrogens (tertiary/aromatic N) is 4. The molecule has 0 radical (unpaired) electrons. The first-order valence-electron chi connectivity index (χ1n) is 16.7. The van der Waals surface area contributed by atoms with E-state index in [-0.39, 0.29) is 40.7 Å². The van der Waals surface area contributed by atoms with Crippen LogP contribution in [0.5, 0.6) is 0 Å². The van der Waals surface area contributed by atoms with Crippen LogP contribution in [0.4, 0.5) is 13.2 Å². The van der Waals surface area contributed by atoms with Crippen molar-refractivity contribution in [3.05, 3.63) is 124 Å². The van der Waals surface area contributed by atoms with Gasteiger partial charge < -0.3 is 0 Å². The number of hydrogen-bond donors (Lipinski definition) is 0. The molecule has 0 bridgehead atoms. The highest BCUT2D eigenvalue weighted by molar-refractivity contribution is 7.88. The average Bonchev–Trinajstić information content (AvgIpc) is 3.59. The molecule has 48 heavy (non-hydrogen) atoms. The van der Waals surface area contributed by atoms with Crippen molar-refractivity contribution in [1.82, 2.24) is 19.1 Å². The SMILES string of the molecule is CCC(CN(CCc1ccccn1)S(=O)(=O)Cc1ccccc1C(C)(F)F)C1CCC2=Cc3c(cnn3Cc3ccc(F)cc3)C[C@@]21C. The molecule has 3 atom stereocenters. The minimum absolute atomic E-state index is 0.0538. The topological polar surface area (TPSA) is 68.1 Å². The second-order valence-electron chi connectivity index (χ2n) is 13.6. The van der Waals surface area contributed by atoms with Gasteiger partial charge in [0.05, 0.1) is 24.2 Å². The summed E-state index contributed by atoms with van der Waals surface area (Å²) in [7, 11) is -3.97. The van der Waals surface area contributed by atoms with E-state index in [0.717, 1.165) is 55.1 Å². The minimum Gasteiger partial charge on any atom is -0.261 e. The molecular formula is C38H43F3N4O2S. The molecule has 0 N–H and O–H groups in total. The fraction of sp³-hybridized carbons (Fsp3) is 0.421. The largest absolute Gasteiger partial charge is 0.270 e. The van der Waals surface area contributed by atoms with E-state index >= 15 is 0 Å². The van der Waals surface area contributed by atoms with Gasteiger partial charge in [-0.1, -0.05) is 68.3 Å². The third kappa shape index (κ3) is 7.15. The molecular weight excluding hydrogens is 634 g/mol. The summed E-state index contributed by atoms with van der Waals surface area (Å²) in [6.45, 7) is 6.28. The third-order valence-corrected chi connectivity index (χ3v) is 12.2. The molecule has 6 rings (SSSR count). The van der Waals surface area contributed by atoms with E-state index in [1.165, 1.54) is 40.2 Å². The zero-order chi connectivity index (χ0) is 34.1. The average molecular weight is 677 g/mol. The van der Waals surface area contributed by atoms with Crippen LogP contribution < -0.4 is 0 Å². The highest BCUT2D eigenvalue weighted by atomic mass is 32.2. The summed E-state index contributed by atoms with van der Waals surface area (Å²) in [6.07, 6.45) is 9.74. The predicted octanol–water partition coefficient (Wildman–Crippen LogP) is 8.03. The van der Waals surface area contributed by atoms with Crippen LogP contribution >= 0.6 is 0 Å². The molecule has 4 aromatic rings. The summed E-state index contributed by atoms with van der Waals surface area (Å²) < 4.78 is 74.4. The van der Waals surface area contributed by atoms with Gasteiger partial charge in [-0.3, -0.25) is 9.67 Å². The Balaban J connectivity index is 1.26. The lowest BCUT2D eigenvalue weighted by atomic mass is 9.65. The Morgan fingerprint density at radius 3 is 2.54 bits per heavy atom. The maximum absolute atomic E-state index is 14.5. The molecule has 10 heteroatoms. The Morgan fingerprint density at radius 1 is 1.08 bits per heavy atom. The van der Waals surface area contributed by atoms with Crippen molar-refractivity contribution in [3.63, 3.8) is 0 Å². The van der Waals surface area contributed by atoms with E-state index in [9.17, 15) is 21.6 Å². The van der Waals surface area contributed by atoms with Crippen molar-refractivity contribution in [1.29, 1.82) is 0 Å². The van der Waals surface area contributed by atoms with Gasteiger partial charge in [0.25, 0.3) is 5.92 Å². The lowest BCUT2D eigenvalue weighted by Gasteiger charge is -2.41. The van der Waals surface area contributed by atoms with E-state index in [4.69, 9.17) is 5.10 Å². The summed E-state index contributed by atoms with van der Waals surface area (Å²) in [6, 6.07) is 18.0.